The van der Waals surface area contributed by atoms with Crippen LogP contribution in [0.2, 0.25) is 0 Å². The van der Waals surface area contributed by atoms with E-state index in [4.69, 9.17) is 9.15 Å². The fourth-order valence-corrected chi connectivity index (χ4v) is 3.95. The lowest BCUT2D eigenvalue weighted by atomic mass is 10.1. The highest BCUT2D eigenvalue weighted by molar-refractivity contribution is 6.12. The van der Waals surface area contributed by atoms with Crippen LogP contribution >= 0.6 is 0 Å². The maximum atomic E-state index is 13.4. The molecule has 3 aromatic carbocycles. The standard InChI is InChI=1S/C27H22N2O4/c1-2-32-27(31)19-14-12-18(13-15-19)23-16-17-24(33-23)25-28-22-11-7-6-10-21(22)26(30)29(25)20-8-4-3-5-9-20/h3-17,25,28H,2H2,1H3/t25-/m1/s1. The van der Waals surface area contributed by atoms with Gasteiger partial charge in [-0.3, -0.25) is 9.69 Å². The molecule has 33 heavy (non-hydrogen) atoms. The molecule has 0 unspecified atom stereocenters. The third-order valence-electron chi connectivity index (χ3n) is 5.54. The fourth-order valence-electron chi connectivity index (χ4n) is 3.95. The summed E-state index contributed by atoms with van der Waals surface area (Å²) in [5.41, 5.74) is 3.45. The second kappa shape index (κ2) is 8.67. The molecule has 1 aromatic heterocycles. The van der Waals surface area contributed by atoms with Crippen molar-refractivity contribution in [1.82, 2.24) is 0 Å². The van der Waals surface area contributed by atoms with Crippen molar-refractivity contribution in [2.24, 2.45) is 0 Å². The third-order valence-corrected chi connectivity index (χ3v) is 5.54. The number of nitrogens with one attached hydrogen (secondary N) is 1. The summed E-state index contributed by atoms with van der Waals surface area (Å²) in [6.07, 6.45) is -0.512. The van der Waals surface area contributed by atoms with Crippen LogP contribution in [0.1, 0.15) is 39.6 Å². The Morgan fingerprint density at radius 2 is 1.67 bits per heavy atom. The maximum absolute atomic E-state index is 13.4. The first-order valence-corrected chi connectivity index (χ1v) is 10.8. The number of ether oxygens (including phenoxy) is 1. The second-order valence-electron chi connectivity index (χ2n) is 7.60. The first-order valence-electron chi connectivity index (χ1n) is 10.8. The van der Waals surface area contributed by atoms with Gasteiger partial charge in [-0.1, -0.05) is 42.5 Å². The first kappa shape index (κ1) is 20.6. The van der Waals surface area contributed by atoms with Crippen LogP contribution in [0.3, 0.4) is 0 Å². The molecule has 0 fully saturated rings. The van der Waals surface area contributed by atoms with Crippen molar-refractivity contribution in [1.29, 1.82) is 0 Å². The van der Waals surface area contributed by atoms with Gasteiger partial charge in [0, 0.05) is 16.9 Å². The molecule has 1 atom stereocenters. The fraction of sp³-hybridized carbons (Fsp3) is 0.111. The van der Waals surface area contributed by atoms with Crippen LogP contribution in [0, 0.1) is 0 Å². The number of rotatable bonds is 5. The van der Waals surface area contributed by atoms with E-state index in [-0.39, 0.29) is 11.9 Å². The Morgan fingerprint density at radius 3 is 2.42 bits per heavy atom. The van der Waals surface area contributed by atoms with Gasteiger partial charge >= 0.3 is 5.97 Å². The molecule has 0 aliphatic carbocycles. The van der Waals surface area contributed by atoms with Crippen LogP contribution < -0.4 is 10.2 Å². The van der Waals surface area contributed by atoms with Gasteiger partial charge in [-0.25, -0.2) is 4.79 Å². The van der Waals surface area contributed by atoms with E-state index in [0.29, 0.717) is 29.3 Å². The molecule has 1 N–H and O–H groups in total. The zero-order valence-electron chi connectivity index (χ0n) is 18.0. The largest absolute Gasteiger partial charge is 0.462 e. The van der Waals surface area contributed by atoms with E-state index in [2.05, 4.69) is 5.32 Å². The van der Waals surface area contributed by atoms with E-state index in [0.717, 1.165) is 16.9 Å². The Balaban J connectivity index is 1.49. The van der Waals surface area contributed by atoms with E-state index in [1.807, 2.05) is 78.9 Å². The van der Waals surface area contributed by atoms with Crippen molar-refractivity contribution >= 4 is 23.3 Å². The van der Waals surface area contributed by atoms with Gasteiger partial charge in [0.25, 0.3) is 5.91 Å². The van der Waals surface area contributed by atoms with Crippen molar-refractivity contribution < 1.29 is 18.7 Å². The predicted octanol–water partition coefficient (Wildman–Crippen LogP) is 5.89. The monoisotopic (exact) mass is 438 g/mol. The second-order valence-corrected chi connectivity index (χ2v) is 7.60. The molecule has 5 rings (SSSR count). The molecule has 4 aromatic rings. The summed E-state index contributed by atoms with van der Waals surface area (Å²) in [6.45, 7) is 2.11. The Bertz CT molecular complexity index is 1300. The van der Waals surface area contributed by atoms with Crippen LogP contribution in [0.25, 0.3) is 11.3 Å². The van der Waals surface area contributed by atoms with Crippen molar-refractivity contribution in [3.05, 3.63) is 108 Å². The van der Waals surface area contributed by atoms with E-state index in [9.17, 15) is 9.59 Å². The minimum Gasteiger partial charge on any atom is -0.462 e. The molecule has 2 heterocycles. The van der Waals surface area contributed by atoms with Gasteiger partial charge in [-0.15, -0.1) is 0 Å². The molecule has 164 valence electrons. The molecule has 0 saturated carbocycles. The highest BCUT2D eigenvalue weighted by Gasteiger charge is 2.35. The molecule has 6 heteroatoms. The Kier molecular flexibility index (Phi) is 5.40. The number of amides is 1. The number of carbonyl (C=O) groups excluding carboxylic acids is 2. The molecule has 0 spiro atoms. The van der Waals surface area contributed by atoms with Crippen LogP contribution in [-0.4, -0.2) is 18.5 Å². The summed E-state index contributed by atoms with van der Waals surface area (Å²) < 4.78 is 11.2. The number of esters is 1. The number of furan rings is 1. The average Bonchev–Trinajstić information content (AvgIpc) is 3.35. The van der Waals surface area contributed by atoms with E-state index in [1.165, 1.54) is 0 Å². The van der Waals surface area contributed by atoms with E-state index in [1.54, 1.807) is 24.0 Å². The van der Waals surface area contributed by atoms with Gasteiger partial charge in [0.05, 0.1) is 17.7 Å². The van der Waals surface area contributed by atoms with Crippen molar-refractivity contribution in [3.8, 4) is 11.3 Å². The third kappa shape index (κ3) is 3.87. The summed E-state index contributed by atoms with van der Waals surface area (Å²) in [6, 6.07) is 27.8. The number of fused-ring (bicyclic) bond motifs is 1. The Labute approximate surface area is 191 Å². The summed E-state index contributed by atoms with van der Waals surface area (Å²) in [5, 5.41) is 3.45. The molecule has 1 amide bonds. The summed E-state index contributed by atoms with van der Waals surface area (Å²) in [4.78, 5) is 27.0. The lowest BCUT2D eigenvalue weighted by Crippen LogP contribution is -2.43. The van der Waals surface area contributed by atoms with Gasteiger partial charge in [-0.05, 0) is 55.5 Å². The molecular formula is C27H22N2O4. The molecule has 6 nitrogen and oxygen atoms in total. The first-order chi connectivity index (χ1) is 16.2. The highest BCUT2D eigenvalue weighted by atomic mass is 16.5. The van der Waals surface area contributed by atoms with E-state index >= 15 is 0 Å². The zero-order chi connectivity index (χ0) is 22.8. The highest BCUT2D eigenvalue weighted by Crippen LogP contribution is 2.38. The molecule has 0 bridgehead atoms. The van der Waals surface area contributed by atoms with Gasteiger partial charge < -0.3 is 14.5 Å². The molecule has 1 aliphatic heterocycles. The maximum Gasteiger partial charge on any atom is 0.338 e. The van der Waals surface area contributed by atoms with Crippen molar-refractivity contribution in [2.45, 2.75) is 13.1 Å². The quantitative estimate of drug-likeness (QED) is 0.393. The minimum absolute atomic E-state index is 0.0997. The van der Waals surface area contributed by atoms with Crippen LogP contribution in [-0.2, 0) is 4.74 Å². The lowest BCUT2D eigenvalue weighted by Gasteiger charge is -2.36. The normalized spacial score (nSPS) is 15.0. The number of hydrogen-bond donors (Lipinski definition) is 1. The van der Waals surface area contributed by atoms with Gasteiger partial charge in [-0.2, -0.15) is 0 Å². The van der Waals surface area contributed by atoms with Crippen molar-refractivity contribution in [3.63, 3.8) is 0 Å². The number of anilines is 2. The number of para-hydroxylation sites is 2. The van der Waals surface area contributed by atoms with Crippen LogP contribution in [0.15, 0.2) is 95.4 Å². The smallest absolute Gasteiger partial charge is 0.338 e. The Morgan fingerprint density at radius 1 is 0.939 bits per heavy atom. The number of hydrogen-bond acceptors (Lipinski definition) is 5. The number of nitrogens with zero attached hydrogens (tertiary/aromatic N) is 1. The zero-order valence-corrected chi connectivity index (χ0v) is 18.0. The predicted molar refractivity (Wildman–Crippen MR) is 126 cm³/mol. The van der Waals surface area contributed by atoms with Crippen LogP contribution in [0.5, 0.6) is 0 Å². The SMILES string of the molecule is CCOC(=O)c1ccc(-c2ccc([C@@H]3Nc4ccccc4C(=O)N3c3ccccc3)o2)cc1. The summed E-state index contributed by atoms with van der Waals surface area (Å²) in [5.74, 6) is 0.788. The van der Waals surface area contributed by atoms with E-state index < -0.39 is 6.17 Å². The minimum atomic E-state index is -0.512. The Hall–Kier alpha value is -4.32. The van der Waals surface area contributed by atoms with Gasteiger partial charge in [0.1, 0.15) is 11.5 Å². The topological polar surface area (TPSA) is 71.8 Å². The average molecular weight is 438 g/mol. The molecule has 0 radical (unpaired) electrons. The van der Waals surface area contributed by atoms with Gasteiger partial charge in [0.15, 0.2) is 6.17 Å². The summed E-state index contributed by atoms with van der Waals surface area (Å²) in [7, 11) is 0. The number of carbonyl (C=O) groups is 2. The number of benzene rings is 3. The molecule has 1 aliphatic rings. The summed E-state index contributed by atoms with van der Waals surface area (Å²) >= 11 is 0. The molecular weight excluding hydrogens is 416 g/mol. The van der Waals surface area contributed by atoms with Crippen LogP contribution in [0.4, 0.5) is 11.4 Å². The van der Waals surface area contributed by atoms with Crippen molar-refractivity contribution in [2.75, 3.05) is 16.8 Å². The van der Waals surface area contributed by atoms with Gasteiger partial charge in [0.2, 0.25) is 0 Å². The molecule has 0 saturated heterocycles. The lowest BCUT2D eigenvalue weighted by molar-refractivity contribution is 0.0526.